The smallest absolute Gasteiger partial charge is 0.192 e. The summed E-state index contributed by atoms with van der Waals surface area (Å²) in [7, 11) is -1.70. The Morgan fingerprint density at radius 2 is 1.70 bits per heavy atom. The second kappa shape index (κ2) is 5.46. The molecule has 0 radical (unpaired) electrons. The van der Waals surface area contributed by atoms with Crippen LogP contribution in [-0.2, 0) is 4.43 Å². The molecule has 1 nitrogen and oxygen atoms in total. The molecule has 2 fully saturated rings. The standard InChI is InChI=1S/C21H40OSi/c1-16-14-20(7)13-11-12-19(5,6)21(20,8)17(16)15-22-23(9,10)18(2,3)4/h17H,1,11-15H2,2-10H3/t17-,20-,21-/m1/s1. The van der Waals surface area contributed by atoms with E-state index in [1.54, 1.807) is 0 Å². The van der Waals surface area contributed by atoms with E-state index in [9.17, 15) is 0 Å². The van der Waals surface area contributed by atoms with E-state index in [1.807, 2.05) is 0 Å². The lowest BCUT2D eigenvalue weighted by Gasteiger charge is -2.58. The third-order valence-electron chi connectivity index (χ3n) is 8.41. The van der Waals surface area contributed by atoms with E-state index in [4.69, 9.17) is 4.43 Å². The lowest BCUT2D eigenvalue weighted by atomic mass is 9.46. The summed E-state index contributed by atoms with van der Waals surface area (Å²) >= 11 is 0. The van der Waals surface area contributed by atoms with Crippen LogP contribution < -0.4 is 0 Å². The summed E-state index contributed by atoms with van der Waals surface area (Å²) in [5.74, 6) is 0.511. The SMILES string of the molecule is C=C1C[C@@]2(C)CCCC(C)(C)[C@@]2(C)[C@@H]1CO[Si](C)(C)C(C)(C)C. The van der Waals surface area contributed by atoms with Gasteiger partial charge in [0.1, 0.15) is 0 Å². The molecule has 2 aliphatic carbocycles. The first-order chi connectivity index (χ1) is 10.2. The predicted molar refractivity (Wildman–Crippen MR) is 104 cm³/mol. The van der Waals surface area contributed by atoms with Gasteiger partial charge in [0.2, 0.25) is 0 Å². The van der Waals surface area contributed by atoms with E-state index in [-0.39, 0.29) is 5.04 Å². The highest BCUT2D eigenvalue weighted by Gasteiger charge is 2.63. The summed E-state index contributed by atoms with van der Waals surface area (Å²) < 4.78 is 6.68. The number of hydrogen-bond acceptors (Lipinski definition) is 1. The maximum atomic E-state index is 6.68. The highest BCUT2D eigenvalue weighted by molar-refractivity contribution is 6.74. The van der Waals surface area contributed by atoms with Gasteiger partial charge in [-0.05, 0) is 53.6 Å². The molecule has 2 aliphatic rings. The zero-order chi connectivity index (χ0) is 17.9. The average Bonchev–Trinajstić information content (AvgIpc) is 2.54. The second-order valence-electron chi connectivity index (χ2n) is 11.0. The van der Waals surface area contributed by atoms with Crippen LogP contribution in [0.15, 0.2) is 12.2 Å². The number of rotatable bonds is 3. The fourth-order valence-corrected chi connectivity index (χ4v) is 6.26. The molecule has 3 atom stereocenters. The minimum absolute atomic E-state index is 0.277. The Morgan fingerprint density at radius 3 is 2.22 bits per heavy atom. The third kappa shape index (κ3) is 2.78. The Hall–Kier alpha value is -0.0831. The molecule has 2 rings (SSSR count). The molecule has 2 saturated carbocycles. The summed E-state index contributed by atoms with van der Waals surface area (Å²) in [6, 6.07) is 0. The minimum atomic E-state index is -1.70. The zero-order valence-electron chi connectivity index (χ0n) is 17.2. The molecular weight excluding hydrogens is 296 g/mol. The molecule has 0 aromatic rings. The van der Waals surface area contributed by atoms with Gasteiger partial charge in [0.15, 0.2) is 8.32 Å². The van der Waals surface area contributed by atoms with Crippen molar-refractivity contribution >= 4 is 8.32 Å². The Bertz CT molecular complexity index is 485. The van der Waals surface area contributed by atoms with Crippen molar-refractivity contribution in [1.82, 2.24) is 0 Å². The fraction of sp³-hybridized carbons (Fsp3) is 0.905. The first-order valence-electron chi connectivity index (χ1n) is 9.50. The lowest BCUT2D eigenvalue weighted by Crippen LogP contribution is -2.53. The molecule has 2 heteroatoms. The molecule has 0 saturated heterocycles. The van der Waals surface area contributed by atoms with Gasteiger partial charge in [-0.3, -0.25) is 0 Å². The van der Waals surface area contributed by atoms with Crippen LogP contribution in [0.1, 0.15) is 74.1 Å². The largest absolute Gasteiger partial charge is 0.416 e. The molecule has 0 heterocycles. The van der Waals surface area contributed by atoms with Crippen LogP contribution in [0, 0.1) is 22.2 Å². The summed E-state index contributed by atoms with van der Waals surface area (Å²) in [5.41, 5.74) is 2.51. The molecule has 0 aromatic carbocycles. The van der Waals surface area contributed by atoms with E-state index >= 15 is 0 Å². The van der Waals surface area contributed by atoms with E-state index < -0.39 is 8.32 Å². The van der Waals surface area contributed by atoms with Crippen molar-refractivity contribution in [1.29, 1.82) is 0 Å². The van der Waals surface area contributed by atoms with Gasteiger partial charge in [0.25, 0.3) is 0 Å². The van der Waals surface area contributed by atoms with E-state index in [2.05, 4.69) is 68.1 Å². The van der Waals surface area contributed by atoms with Gasteiger partial charge in [0.05, 0.1) is 0 Å². The average molecular weight is 337 g/mol. The topological polar surface area (TPSA) is 9.23 Å². The second-order valence-corrected chi connectivity index (χ2v) is 15.8. The Morgan fingerprint density at radius 1 is 1.13 bits per heavy atom. The van der Waals surface area contributed by atoms with Crippen molar-refractivity contribution in [2.24, 2.45) is 22.2 Å². The van der Waals surface area contributed by atoms with Gasteiger partial charge >= 0.3 is 0 Å². The Labute approximate surface area is 146 Å². The van der Waals surface area contributed by atoms with Gasteiger partial charge in [-0.1, -0.05) is 67.0 Å². The first-order valence-corrected chi connectivity index (χ1v) is 12.4. The van der Waals surface area contributed by atoms with Gasteiger partial charge in [-0.25, -0.2) is 0 Å². The quantitative estimate of drug-likeness (QED) is 0.406. The van der Waals surface area contributed by atoms with Crippen molar-refractivity contribution < 1.29 is 4.43 Å². The van der Waals surface area contributed by atoms with Crippen molar-refractivity contribution in [3.05, 3.63) is 12.2 Å². The molecule has 134 valence electrons. The molecule has 0 spiro atoms. The van der Waals surface area contributed by atoms with Gasteiger partial charge in [-0.2, -0.15) is 0 Å². The van der Waals surface area contributed by atoms with Crippen molar-refractivity contribution in [2.75, 3.05) is 6.61 Å². The van der Waals surface area contributed by atoms with Crippen LogP contribution >= 0.6 is 0 Å². The summed E-state index contributed by atoms with van der Waals surface area (Å²) in [6.45, 7) is 27.2. The van der Waals surface area contributed by atoms with Crippen LogP contribution in [-0.4, -0.2) is 14.9 Å². The molecular formula is C21H40OSi. The van der Waals surface area contributed by atoms with Crippen molar-refractivity contribution in [3.63, 3.8) is 0 Å². The fourth-order valence-electron chi connectivity index (χ4n) is 5.25. The summed E-state index contributed by atoms with van der Waals surface area (Å²) in [6.07, 6.45) is 5.24. The molecule has 0 unspecified atom stereocenters. The van der Waals surface area contributed by atoms with Crippen LogP contribution in [0.25, 0.3) is 0 Å². The minimum Gasteiger partial charge on any atom is -0.416 e. The van der Waals surface area contributed by atoms with Crippen LogP contribution in [0.2, 0.25) is 18.1 Å². The van der Waals surface area contributed by atoms with E-state index in [0.717, 1.165) is 6.61 Å². The molecule has 0 aromatic heterocycles. The summed E-state index contributed by atoms with van der Waals surface area (Å²) in [5, 5.41) is 0.277. The van der Waals surface area contributed by atoms with Gasteiger partial charge in [-0.15, -0.1) is 0 Å². The van der Waals surface area contributed by atoms with E-state index in [0.29, 0.717) is 22.2 Å². The number of fused-ring (bicyclic) bond motifs is 1. The molecule has 0 N–H and O–H groups in total. The van der Waals surface area contributed by atoms with Gasteiger partial charge < -0.3 is 4.43 Å². The highest BCUT2D eigenvalue weighted by atomic mass is 28.4. The third-order valence-corrected chi connectivity index (χ3v) is 12.9. The van der Waals surface area contributed by atoms with E-state index in [1.165, 1.54) is 31.3 Å². The first kappa shape index (κ1) is 19.2. The monoisotopic (exact) mass is 336 g/mol. The number of hydrogen-bond donors (Lipinski definition) is 0. The predicted octanol–water partition coefficient (Wildman–Crippen LogP) is 6.81. The molecule has 23 heavy (non-hydrogen) atoms. The maximum absolute atomic E-state index is 6.68. The van der Waals surface area contributed by atoms with Crippen molar-refractivity contribution in [3.8, 4) is 0 Å². The lowest BCUT2D eigenvalue weighted by molar-refractivity contribution is -0.101. The maximum Gasteiger partial charge on any atom is 0.192 e. The van der Waals surface area contributed by atoms with Crippen LogP contribution in [0.5, 0.6) is 0 Å². The van der Waals surface area contributed by atoms with Crippen LogP contribution in [0.4, 0.5) is 0 Å². The van der Waals surface area contributed by atoms with Gasteiger partial charge in [0, 0.05) is 12.5 Å². The Balaban J connectivity index is 2.30. The Kier molecular flexibility index (Phi) is 4.57. The normalized spacial score (nSPS) is 37.8. The highest BCUT2D eigenvalue weighted by Crippen LogP contribution is 2.71. The molecule has 0 bridgehead atoms. The van der Waals surface area contributed by atoms with Crippen molar-refractivity contribution in [2.45, 2.75) is 92.3 Å². The zero-order valence-corrected chi connectivity index (χ0v) is 18.2. The van der Waals surface area contributed by atoms with Crippen LogP contribution in [0.3, 0.4) is 0 Å². The molecule has 0 amide bonds. The summed E-state index contributed by atoms with van der Waals surface area (Å²) in [4.78, 5) is 0. The molecule has 0 aliphatic heterocycles.